The number of amides is 1. The Kier molecular flexibility index (Phi) is 3.09. The average molecular weight is 170 g/mol. The van der Waals surface area contributed by atoms with Gasteiger partial charge < -0.3 is 11.1 Å². The smallest absolute Gasteiger partial charge is 0.224 e. The predicted octanol–water partition coefficient (Wildman–Crippen LogP) is 0.638. The Morgan fingerprint density at radius 1 is 1.75 bits per heavy atom. The number of rotatable bonds is 4. The molecule has 0 aromatic heterocycles. The SMILES string of the molecule is CCCC(C)NC(=O)C1CC1N. The summed E-state index contributed by atoms with van der Waals surface area (Å²) in [4.78, 5) is 11.3. The molecule has 3 N–H and O–H groups in total. The molecule has 1 saturated carbocycles. The molecule has 0 aliphatic heterocycles. The minimum absolute atomic E-state index is 0.101. The molecule has 1 aliphatic rings. The van der Waals surface area contributed by atoms with Crippen molar-refractivity contribution in [3.63, 3.8) is 0 Å². The van der Waals surface area contributed by atoms with Crippen molar-refractivity contribution in [2.45, 2.75) is 45.2 Å². The summed E-state index contributed by atoms with van der Waals surface area (Å²) in [5.74, 6) is 0.243. The van der Waals surface area contributed by atoms with Crippen molar-refractivity contribution in [3.05, 3.63) is 0 Å². The van der Waals surface area contributed by atoms with Crippen LogP contribution in [0.5, 0.6) is 0 Å². The minimum atomic E-state index is 0.101. The second-order valence-corrected chi connectivity index (χ2v) is 3.70. The van der Waals surface area contributed by atoms with E-state index in [1.54, 1.807) is 0 Å². The molecule has 3 unspecified atom stereocenters. The Balaban J connectivity index is 2.17. The first-order valence-corrected chi connectivity index (χ1v) is 4.71. The van der Waals surface area contributed by atoms with E-state index in [1.807, 2.05) is 6.92 Å². The topological polar surface area (TPSA) is 55.1 Å². The van der Waals surface area contributed by atoms with Crippen molar-refractivity contribution in [2.24, 2.45) is 11.7 Å². The molecular formula is C9H18N2O. The monoisotopic (exact) mass is 170 g/mol. The Bertz CT molecular complexity index is 170. The fourth-order valence-electron chi connectivity index (χ4n) is 1.37. The van der Waals surface area contributed by atoms with Crippen LogP contribution in [0.2, 0.25) is 0 Å². The lowest BCUT2D eigenvalue weighted by molar-refractivity contribution is -0.123. The van der Waals surface area contributed by atoms with Gasteiger partial charge in [0, 0.05) is 12.1 Å². The molecule has 0 spiro atoms. The van der Waals surface area contributed by atoms with Crippen LogP contribution < -0.4 is 11.1 Å². The van der Waals surface area contributed by atoms with E-state index in [2.05, 4.69) is 12.2 Å². The molecule has 0 aromatic rings. The maximum Gasteiger partial charge on any atom is 0.224 e. The summed E-state index contributed by atoms with van der Waals surface area (Å²) in [6, 6.07) is 0.425. The van der Waals surface area contributed by atoms with Crippen molar-refractivity contribution >= 4 is 5.91 Å². The molecule has 1 rings (SSSR count). The number of hydrogen-bond donors (Lipinski definition) is 2. The quantitative estimate of drug-likeness (QED) is 0.650. The predicted molar refractivity (Wildman–Crippen MR) is 48.6 cm³/mol. The lowest BCUT2D eigenvalue weighted by atomic mass is 10.2. The molecule has 3 heteroatoms. The lowest BCUT2D eigenvalue weighted by Crippen LogP contribution is -2.34. The van der Waals surface area contributed by atoms with Crippen LogP contribution in [0.4, 0.5) is 0 Å². The van der Waals surface area contributed by atoms with Crippen molar-refractivity contribution < 1.29 is 4.79 Å². The zero-order valence-corrected chi connectivity index (χ0v) is 7.84. The summed E-state index contributed by atoms with van der Waals surface area (Å²) < 4.78 is 0. The third kappa shape index (κ3) is 2.48. The lowest BCUT2D eigenvalue weighted by Gasteiger charge is -2.11. The van der Waals surface area contributed by atoms with E-state index in [1.165, 1.54) is 0 Å². The number of nitrogens with two attached hydrogens (primary N) is 1. The standard InChI is InChI=1S/C9H18N2O/c1-3-4-6(2)11-9(12)7-5-8(7)10/h6-8H,3-5,10H2,1-2H3,(H,11,12). The van der Waals surface area contributed by atoms with E-state index in [-0.39, 0.29) is 17.9 Å². The fraction of sp³-hybridized carbons (Fsp3) is 0.889. The zero-order valence-electron chi connectivity index (χ0n) is 7.84. The van der Waals surface area contributed by atoms with Crippen LogP contribution in [-0.2, 0) is 4.79 Å². The van der Waals surface area contributed by atoms with Gasteiger partial charge in [0.15, 0.2) is 0 Å². The van der Waals surface area contributed by atoms with E-state index in [9.17, 15) is 4.79 Å². The molecule has 3 atom stereocenters. The zero-order chi connectivity index (χ0) is 9.14. The van der Waals surface area contributed by atoms with Gasteiger partial charge in [-0.15, -0.1) is 0 Å². The summed E-state index contributed by atoms with van der Waals surface area (Å²) in [5.41, 5.74) is 5.56. The normalized spacial score (nSPS) is 29.6. The summed E-state index contributed by atoms with van der Waals surface area (Å²) in [5, 5.41) is 2.95. The number of hydrogen-bond acceptors (Lipinski definition) is 2. The van der Waals surface area contributed by atoms with Crippen LogP contribution in [0, 0.1) is 5.92 Å². The second kappa shape index (κ2) is 3.90. The Hall–Kier alpha value is -0.570. The van der Waals surface area contributed by atoms with Gasteiger partial charge in [-0.3, -0.25) is 4.79 Å². The van der Waals surface area contributed by atoms with E-state index in [0.717, 1.165) is 19.3 Å². The highest BCUT2D eigenvalue weighted by atomic mass is 16.2. The van der Waals surface area contributed by atoms with Gasteiger partial charge in [-0.25, -0.2) is 0 Å². The molecule has 70 valence electrons. The van der Waals surface area contributed by atoms with Crippen LogP contribution in [0.1, 0.15) is 33.1 Å². The molecule has 0 heterocycles. The third-order valence-electron chi connectivity index (χ3n) is 2.29. The Morgan fingerprint density at radius 2 is 2.33 bits per heavy atom. The molecule has 1 aliphatic carbocycles. The molecule has 0 saturated heterocycles. The minimum Gasteiger partial charge on any atom is -0.353 e. The van der Waals surface area contributed by atoms with Crippen LogP contribution in [-0.4, -0.2) is 18.0 Å². The van der Waals surface area contributed by atoms with Gasteiger partial charge in [0.05, 0.1) is 5.92 Å². The summed E-state index contributed by atoms with van der Waals surface area (Å²) in [6.45, 7) is 4.15. The van der Waals surface area contributed by atoms with E-state index < -0.39 is 0 Å². The first-order chi connectivity index (χ1) is 5.65. The van der Waals surface area contributed by atoms with E-state index >= 15 is 0 Å². The average Bonchev–Trinajstić information content (AvgIpc) is 2.67. The van der Waals surface area contributed by atoms with Crippen LogP contribution >= 0.6 is 0 Å². The van der Waals surface area contributed by atoms with Crippen molar-refractivity contribution in [3.8, 4) is 0 Å². The van der Waals surface area contributed by atoms with Gasteiger partial charge in [0.2, 0.25) is 5.91 Å². The maximum atomic E-state index is 11.3. The molecule has 1 fully saturated rings. The van der Waals surface area contributed by atoms with Gasteiger partial charge in [-0.1, -0.05) is 13.3 Å². The first-order valence-electron chi connectivity index (χ1n) is 4.71. The highest BCUT2D eigenvalue weighted by Crippen LogP contribution is 2.27. The third-order valence-corrected chi connectivity index (χ3v) is 2.29. The first kappa shape index (κ1) is 9.52. The van der Waals surface area contributed by atoms with Crippen LogP contribution in [0.25, 0.3) is 0 Å². The van der Waals surface area contributed by atoms with Crippen LogP contribution in [0.3, 0.4) is 0 Å². The van der Waals surface area contributed by atoms with Crippen molar-refractivity contribution in [1.82, 2.24) is 5.32 Å². The van der Waals surface area contributed by atoms with Crippen molar-refractivity contribution in [1.29, 1.82) is 0 Å². The molecule has 3 nitrogen and oxygen atoms in total. The Labute approximate surface area is 73.7 Å². The molecule has 1 amide bonds. The summed E-state index contributed by atoms with van der Waals surface area (Å²) in [7, 11) is 0. The largest absolute Gasteiger partial charge is 0.353 e. The number of carbonyl (C=O) groups excluding carboxylic acids is 1. The van der Waals surface area contributed by atoms with E-state index in [4.69, 9.17) is 5.73 Å². The highest BCUT2D eigenvalue weighted by molar-refractivity contribution is 5.82. The van der Waals surface area contributed by atoms with Gasteiger partial charge in [-0.2, -0.15) is 0 Å². The summed E-state index contributed by atoms with van der Waals surface area (Å²) >= 11 is 0. The molecule has 12 heavy (non-hydrogen) atoms. The number of carbonyl (C=O) groups is 1. The van der Waals surface area contributed by atoms with Crippen molar-refractivity contribution in [2.75, 3.05) is 0 Å². The highest BCUT2D eigenvalue weighted by Gasteiger charge is 2.40. The fourth-order valence-corrected chi connectivity index (χ4v) is 1.37. The Morgan fingerprint density at radius 3 is 2.75 bits per heavy atom. The molecular weight excluding hydrogens is 152 g/mol. The molecule has 0 bridgehead atoms. The maximum absolute atomic E-state index is 11.3. The molecule has 0 aromatic carbocycles. The van der Waals surface area contributed by atoms with Gasteiger partial charge in [0.1, 0.15) is 0 Å². The second-order valence-electron chi connectivity index (χ2n) is 3.70. The van der Waals surface area contributed by atoms with Gasteiger partial charge in [-0.05, 0) is 19.8 Å². The van der Waals surface area contributed by atoms with Gasteiger partial charge >= 0.3 is 0 Å². The number of nitrogens with one attached hydrogen (secondary N) is 1. The van der Waals surface area contributed by atoms with Gasteiger partial charge in [0.25, 0.3) is 0 Å². The molecule has 0 radical (unpaired) electrons. The van der Waals surface area contributed by atoms with E-state index in [0.29, 0.717) is 6.04 Å². The summed E-state index contributed by atoms with van der Waals surface area (Å²) in [6.07, 6.45) is 3.02. The van der Waals surface area contributed by atoms with Crippen LogP contribution in [0.15, 0.2) is 0 Å².